The second kappa shape index (κ2) is 9.03. The van der Waals surface area contributed by atoms with Crippen molar-refractivity contribution in [2.45, 2.75) is 45.1 Å². The van der Waals surface area contributed by atoms with Crippen LogP contribution in [0, 0.1) is 0 Å². The summed E-state index contributed by atoms with van der Waals surface area (Å²) in [4.78, 5) is 11.5. The van der Waals surface area contributed by atoms with Gasteiger partial charge < -0.3 is 14.6 Å². The number of esters is 1. The summed E-state index contributed by atoms with van der Waals surface area (Å²) in [6.07, 6.45) is -0.475. The average molecular weight is 351 g/mol. The topological polar surface area (TPSA) is 55.8 Å². The minimum atomic E-state index is -3.81. The van der Waals surface area contributed by atoms with Gasteiger partial charge in [0.2, 0.25) is 6.10 Å². The zero-order valence-corrected chi connectivity index (χ0v) is 13.9. The number of benzene rings is 1. The van der Waals surface area contributed by atoms with Crippen molar-refractivity contribution in [3.8, 4) is 5.75 Å². The van der Waals surface area contributed by atoms with Gasteiger partial charge in [-0.3, -0.25) is 0 Å². The Morgan fingerprint density at radius 2 is 2.00 bits per heavy atom. The Bertz CT molecular complexity index is 523. The first kappa shape index (κ1) is 19.6. The third kappa shape index (κ3) is 5.32. The van der Waals surface area contributed by atoms with Crippen molar-refractivity contribution >= 4 is 17.6 Å². The number of alkyl halides is 2. The van der Waals surface area contributed by atoms with E-state index in [0.717, 1.165) is 25.0 Å². The van der Waals surface area contributed by atoms with E-state index in [1.165, 1.54) is 6.07 Å². The van der Waals surface area contributed by atoms with Crippen LogP contribution in [0.1, 0.15) is 38.7 Å². The second-order valence-electron chi connectivity index (χ2n) is 5.04. The van der Waals surface area contributed by atoms with Crippen LogP contribution >= 0.6 is 11.6 Å². The van der Waals surface area contributed by atoms with Crippen LogP contribution in [0.25, 0.3) is 0 Å². The van der Waals surface area contributed by atoms with Crippen LogP contribution in [-0.4, -0.2) is 30.4 Å². The number of aliphatic hydroxyl groups is 1. The largest absolute Gasteiger partial charge is 0.492 e. The van der Waals surface area contributed by atoms with E-state index in [-0.39, 0.29) is 17.4 Å². The maximum absolute atomic E-state index is 14.3. The molecular formula is C16H21ClF2O4. The Hall–Kier alpha value is -1.40. The molecule has 0 amide bonds. The highest BCUT2D eigenvalue weighted by atomic mass is 35.5. The van der Waals surface area contributed by atoms with Gasteiger partial charge in [-0.1, -0.05) is 37.9 Å². The minimum Gasteiger partial charge on any atom is -0.492 e. The van der Waals surface area contributed by atoms with E-state index < -0.39 is 23.6 Å². The van der Waals surface area contributed by atoms with E-state index in [0.29, 0.717) is 13.0 Å². The lowest BCUT2D eigenvalue weighted by molar-refractivity contribution is -0.179. The molecular weight excluding hydrogens is 330 g/mol. The Labute approximate surface area is 139 Å². The van der Waals surface area contributed by atoms with Crippen molar-refractivity contribution < 1.29 is 28.2 Å². The van der Waals surface area contributed by atoms with Gasteiger partial charge in [-0.15, -0.1) is 0 Å². The first-order valence-electron chi connectivity index (χ1n) is 7.49. The van der Waals surface area contributed by atoms with E-state index in [1.54, 1.807) is 6.92 Å². The molecule has 0 aromatic heterocycles. The van der Waals surface area contributed by atoms with E-state index in [2.05, 4.69) is 4.74 Å². The molecule has 23 heavy (non-hydrogen) atoms. The number of unbranched alkanes of at least 4 members (excludes halogenated alkanes) is 1. The number of rotatable bonds is 9. The Morgan fingerprint density at radius 3 is 2.61 bits per heavy atom. The summed E-state index contributed by atoms with van der Waals surface area (Å²) < 4.78 is 38.5. The Morgan fingerprint density at radius 1 is 1.30 bits per heavy atom. The van der Waals surface area contributed by atoms with Gasteiger partial charge >= 0.3 is 11.9 Å². The summed E-state index contributed by atoms with van der Waals surface area (Å²) in [6.45, 7) is 4.00. The van der Waals surface area contributed by atoms with Crippen LogP contribution in [0.15, 0.2) is 18.2 Å². The molecule has 0 fully saturated rings. The first-order chi connectivity index (χ1) is 10.8. The van der Waals surface area contributed by atoms with Crippen molar-refractivity contribution in [3.05, 3.63) is 28.8 Å². The van der Waals surface area contributed by atoms with Gasteiger partial charge in [0.25, 0.3) is 0 Å². The lowest BCUT2D eigenvalue weighted by atomic mass is 10.0. The summed E-state index contributed by atoms with van der Waals surface area (Å²) >= 11 is 5.91. The normalized spacial score (nSPS) is 12.8. The highest BCUT2D eigenvalue weighted by Crippen LogP contribution is 2.37. The van der Waals surface area contributed by atoms with Gasteiger partial charge in [-0.2, -0.15) is 8.78 Å². The number of aliphatic hydroxyl groups excluding tert-OH is 1. The summed E-state index contributed by atoms with van der Waals surface area (Å²) in [5.41, 5.74) is -0.561. The van der Waals surface area contributed by atoms with Crippen LogP contribution in [0.5, 0.6) is 5.75 Å². The van der Waals surface area contributed by atoms with Crippen molar-refractivity contribution in [2.24, 2.45) is 0 Å². The Balaban J connectivity index is 2.94. The molecule has 0 saturated heterocycles. The number of hydrogen-bond acceptors (Lipinski definition) is 4. The Kier molecular flexibility index (Phi) is 7.72. The van der Waals surface area contributed by atoms with Gasteiger partial charge in [0.1, 0.15) is 5.75 Å². The molecule has 0 spiro atoms. The van der Waals surface area contributed by atoms with Gasteiger partial charge in [-0.25, -0.2) is 4.79 Å². The molecule has 1 rings (SSSR count). The zero-order chi connectivity index (χ0) is 17.5. The molecule has 1 aromatic carbocycles. The smallest absolute Gasteiger partial charge is 0.341 e. The highest BCUT2D eigenvalue weighted by molar-refractivity contribution is 6.32. The molecule has 0 saturated carbocycles. The summed E-state index contributed by atoms with van der Waals surface area (Å²) in [5.74, 6) is -5.08. The van der Waals surface area contributed by atoms with E-state index >= 15 is 0 Å². The van der Waals surface area contributed by atoms with Crippen molar-refractivity contribution in [2.75, 3.05) is 13.2 Å². The molecule has 7 heteroatoms. The van der Waals surface area contributed by atoms with Crippen LogP contribution in [-0.2, 0) is 15.5 Å². The van der Waals surface area contributed by atoms with Gasteiger partial charge in [-0.05, 0) is 25.0 Å². The average Bonchev–Trinajstić information content (AvgIpc) is 2.53. The lowest BCUT2D eigenvalue weighted by Crippen LogP contribution is -2.39. The van der Waals surface area contributed by atoms with Crippen molar-refractivity contribution in [1.82, 2.24) is 0 Å². The molecule has 130 valence electrons. The molecule has 1 N–H and O–H groups in total. The van der Waals surface area contributed by atoms with Gasteiger partial charge in [0.15, 0.2) is 0 Å². The molecule has 1 unspecified atom stereocenters. The number of hydrogen-bond donors (Lipinski definition) is 1. The third-order valence-corrected chi connectivity index (χ3v) is 3.40. The number of ether oxygens (including phenoxy) is 2. The summed E-state index contributed by atoms with van der Waals surface area (Å²) in [5, 5.41) is 9.79. The molecule has 0 aliphatic heterocycles. The van der Waals surface area contributed by atoms with E-state index in [1.807, 2.05) is 6.92 Å². The standard InChI is InChI=1S/C16H21ClF2O4/c1-3-5-9-22-13-10-11(6-7-12(13)17)16(18,19)14(20)15(21)23-8-4-2/h6-7,10,14,20H,3-5,8-9H2,1-2H3. The van der Waals surface area contributed by atoms with Crippen LogP contribution in [0.2, 0.25) is 5.02 Å². The molecule has 1 atom stereocenters. The number of halogens is 3. The molecule has 0 aliphatic rings. The molecule has 0 bridgehead atoms. The third-order valence-electron chi connectivity index (χ3n) is 3.09. The molecule has 0 aliphatic carbocycles. The number of carbonyl (C=O) groups excluding carboxylic acids is 1. The minimum absolute atomic E-state index is 0.0298. The molecule has 0 heterocycles. The molecule has 1 aromatic rings. The fraction of sp³-hybridized carbons (Fsp3) is 0.562. The maximum atomic E-state index is 14.3. The molecule has 0 radical (unpaired) electrons. The molecule has 4 nitrogen and oxygen atoms in total. The van der Waals surface area contributed by atoms with Crippen molar-refractivity contribution in [1.29, 1.82) is 0 Å². The predicted octanol–water partition coefficient (Wildman–Crippen LogP) is 3.92. The monoisotopic (exact) mass is 350 g/mol. The summed E-state index contributed by atoms with van der Waals surface area (Å²) in [6, 6.07) is 3.33. The number of carbonyl (C=O) groups is 1. The van der Waals surface area contributed by atoms with Crippen LogP contribution < -0.4 is 4.74 Å². The van der Waals surface area contributed by atoms with Gasteiger partial charge in [0, 0.05) is 5.56 Å². The maximum Gasteiger partial charge on any atom is 0.341 e. The first-order valence-corrected chi connectivity index (χ1v) is 7.87. The lowest BCUT2D eigenvalue weighted by Gasteiger charge is -2.22. The zero-order valence-electron chi connectivity index (χ0n) is 13.2. The second-order valence-corrected chi connectivity index (χ2v) is 5.45. The quantitative estimate of drug-likeness (QED) is 0.541. The van der Waals surface area contributed by atoms with Crippen molar-refractivity contribution in [3.63, 3.8) is 0 Å². The van der Waals surface area contributed by atoms with Gasteiger partial charge in [0.05, 0.1) is 18.2 Å². The SMILES string of the molecule is CCCCOc1cc(C(F)(F)C(O)C(=O)OCCC)ccc1Cl. The van der Waals surface area contributed by atoms with Crippen LogP contribution in [0.3, 0.4) is 0 Å². The van der Waals surface area contributed by atoms with Crippen LogP contribution in [0.4, 0.5) is 8.78 Å². The predicted molar refractivity (Wildman–Crippen MR) is 83.0 cm³/mol. The highest BCUT2D eigenvalue weighted by Gasteiger charge is 2.46. The fourth-order valence-corrected chi connectivity index (χ4v) is 1.91. The summed E-state index contributed by atoms with van der Waals surface area (Å²) in [7, 11) is 0. The fourth-order valence-electron chi connectivity index (χ4n) is 1.74. The van der Waals surface area contributed by atoms with E-state index in [4.69, 9.17) is 16.3 Å². The van der Waals surface area contributed by atoms with E-state index in [9.17, 15) is 18.7 Å².